The molecule has 1 unspecified atom stereocenters. The van der Waals surface area contributed by atoms with E-state index < -0.39 is 0 Å². The fourth-order valence-corrected chi connectivity index (χ4v) is 4.17. The van der Waals surface area contributed by atoms with Gasteiger partial charge < -0.3 is 0 Å². The smallest absolute Gasteiger partial charge is 0.266 e. The van der Waals surface area contributed by atoms with Crippen molar-refractivity contribution in [1.82, 2.24) is 4.90 Å². The summed E-state index contributed by atoms with van der Waals surface area (Å²) in [5.41, 5.74) is 1.86. The Hall–Kier alpha value is -1.33. The lowest BCUT2D eigenvalue weighted by molar-refractivity contribution is -0.123. The minimum absolute atomic E-state index is 0.0903. The highest BCUT2D eigenvalue weighted by molar-refractivity contribution is 8.26. The van der Waals surface area contributed by atoms with Crippen LogP contribution in [0.2, 0.25) is 10.0 Å². The van der Waals surface area contributed by atoms with Crippen molar-refractivity contribution in [2.24, 2.45) is 0 Å². The predicted octanol–water partition coefficient (Wildman–Crippen LogP) is 5.96. The molecule has 1 aliphatic heterocycles. The summed E-state index contributed by atoms with van der Waals surface area (Å²) in [5.74, 6) is -0.0903. The molecule has 122 valence electrons. The van der Waals surface area contributed by atoms with Crippen LogP contribution in [0.1, 0.15) is 24.1 Å². The van der Waals surface area contributed by atoms with Gasteiger partial charge in [0.05, 0.1) is 21.0 Å². The van der Waals surface area contributed by atoms with Gasteiger partial charge in [0.2, 0.25) is 0 Å². The van der Waals surface area contributed by atoms with E-state index in [1.165, 1.54) is 11.8 Å². The third kappa shape index (κ3) is 3.52. The van der Waals surface area contributed by atoms with E-state index in [9.17, 15) is 4.79 Å². The fourth-order valence-electron chi connectivity index (χ4n) is 2.45. The molecular formula is C18H13Cl2NOS2. The van der Waals surface area contributed by atoms with Gasteiger partial charge in [-0.25, -0.2) is 0 Å². The number of hydrogen-bond donors (Lipinski definition) is 0. The summed E-state index contributed by atoms with van der Waals surface area (Å²) in [4.78, 5) is 15.0. The first-order chi connectivity index (χ1) is 11.5. The number of rotatable bonds is 3. The summed E-state index contributed by atoms with van der Waals surface area (Å²) in [6.07, 6.45) is 1.79. The maximum atomic E-state index is 12.8. The van der Waals surface area contributed by atoms with Gasteiger partial charge in [-0.15, -0.1) is 0 Å². The number of hydrogen-bond acceptors (Lipinski definition) is 3. The van der Waals surface area contributed by atoms with Crippen molar-refractivity contribution in [3.8, 4) is 0 Å². The van der Waals surface area contributed by atoms with E-state index in [1.54, 1.807) is 23.1 Å². The molecule has 0 N–H and O–H groups in total. The molecule has 24 heavy (non-hydrogen) atoms. The summed E-state index contributed by atoms with van der Waals surface area (Å²) in [5, 5.41) is 0.942. The van der Waals surface area contributed by atoms with Crippen LogP contribution in [-0.4, -0.2) is 15.1 Å². The van der Waals surface area contributed by atoms with Crippen molar-refractivity contribution in [3.63, 3.8) is 0 Å². The number of thiocarbonyl (C=S) groups is 1. The zero-order valence-corrected chi connectivity index (χ0v) is 15.8. The number of halogens is 2. The zero-order chi connectivity index (χ0) is 17.3. The molecule has 1 aliphatic rings. The van der Waals surface area contributed by atoms with Crippen LogP contribution in [0.5, 0.6) is 0 Å². The van der Waals surface area contributed by atoms with E-state index in [2.05, 4.69) is 0 Å². The van der Waals surface area contributed by atoms with Gasteiger partial charge in [0.1, 0.15) is 4.32 Å². The Balaban J connectivity index is 1.88. The van der Waals surface area contributed by atoms with Crippen LogP contribution >= 0.6 is 47.2 Å². The van der Waals surface area contributed by atoms with E-state index in [1.807, 2.05) is 43.3 Å². The molecule has 0 radical (unpaired) electrons. The Kier molecular flexibility index (Phi) is 5.30. The minimum Gasteiger partial charge on any atom is -0.286 e. The van der Waals surface area contributed by atoms with Gasteiger partial charge in [-0.2, -0.15) is 0 Å². The second-order valence-electron chi connectivity index (χ2n) is 5.31. The predicted molar refractivity (Wildman–Crippen MR) is 106 cm³/mol. The molecular weight excluding hydrogens is 381 g/mol. The number of carbonyl (C=O) groups is 1. The molecule has 1 fully saturated rings. The Bertz CT molecular complexity index is 836. The quantitative estimate of drug-likeness (QED) is 0.474. The largest absolute Gasteiger partial charge is 0.286 e. The van der Waals surface area contributed by atoms with Crippen LogP contribution in [0.15, 0.2) is 53.4 Å². The minimum atomic E-state index is -0.113. The average molecular weight is 394 g/mol. The Morgan fingerprint density at radius 3 is 2.50 bits per heavy atom. The molecule has 0 bridgehead atoms. The maximum absolute atomic E-state index is 12.8. The lowest BCUT2D eigenvalue weighted by Crippen LogP contribution is -2.30. The molecule has 2 nitrogen and oxygen atoms in total. The van der Waals surface area contributed by atoms with E-state index >= 15 is 0 Å². The van der Waals surface area contributed by atoms with Crippen molar-refractivity contribution in [1.29, 1.82) is 0 Å². The summed E-state index contributed by atoms with van der Waals surface area (Å²) in [6.45, 7) is 1.97. The van der Waals surface area contributed by atoms with Crippen LogP contribution in [0.3, 0.4) is 0 Å². The van der Waals surface area contributed by atoms with Crippen LogP contribution in [0.25, 0.3) is 6.08 Å². The van der Waals surface area contributed by atoms with Crippen molar-refractivity contribution in [2.75, 3.05) is 0 Å². The van der Waals surface area contributed by atoms with Crippen LogP contribution in [0, 0.1) is 0 Å². The summed E-state index contributed by atoms with van der Waals surface area (Å²) in [7, 11) is 0. The van der Waals surface area contributed by atoms with Crippen LogP contribution in [-0.2, 0) is 4.79 Å². The first-order valence-electron chi connectivity index (χ1n) is 7.24. The highest BCUT2D eigenvalue weighted by Gasteiger charge is 2.35. The van der Waals surface area contributed by atoms with Gasteiger partial charge >= 0.3 is 0 Å². The van der Waals surface area contributed by atoms with Crippen LogP contribution in [0.4, 0.5) is 0 Å². The lowest BCUT2D eigenvalue weighted by atomic mass is 10.1. The van der Waals surface area contributed by atoms with Gasteiger partial charge in [-0.3, -0.25) is 9.69 Å². The third-order valence-electron chi connectivity index (χ3n) is 3.73. The molecule has 0 aliphatic carbocycles. The van der Waals surface area contributed by atoms with Gasteiger partial charge in [-0.05, 0) is 36.3 Å². The molecule has 1 saturated heterocycles. The van der Waals surface area contributed by atoms with Crippen molar-refractivity contribution in [2.45, 2.75) is 13.0 Å². The molecule has 1 heterocycles. The number of nitrogens with zero attached hydrogens (tertiary/aromatic N) is 1. The molecule has 2 aromatic carbocycles. The average Bonchev–Trinajstić information content (AvgIpc) is 2.85. The van der Waals surface area contributed by atoms with Crippen molar-refractivity contribution < 1.29 is 4.79 Å². The molecule has 3 rings (SSSR count). The van der Waals surface area contributed by atoms with E-state index in [-0.39, 0.29) is 11.9 Å². The first kappa shape index (κ1) is 17.5. The van der Waals surface area contributed by atoms with Crippen molar-refractivity contribution >= 4 is 63.5 Å². The van der Waals surface area contributed by atoms with Gasteiger partial charge in [0.25, 0.3) is 5.91 Å². The van der Waals surface area contributed by atoms with E-state index in [4.69, 9.17) is 35.4 Å². The monoisotopic (exact) mass is 393 g/mol. The number of carbonyl (C=O) groups excluding carboxylic acids is 1. The Morgan fingerprint density at radius 1 is 1.12 bits per heavy atom. The molecule has 0 saturated carbocycles. The maximum Gasteiger partial charge on any atom is 0.266 e. The summed E-state index contributed by atoms with van der Waals surface area (Å²) < 4.78 is 0.558. The summed E-state index contributed by atoms with van der Waals surface area (Å²) in [6, 6.07) is 15.0. The molecule has 2 aromatic rings. The summed E-state index contributed by atoms with van der Waals surface area (Å²) >= 11 is 18.7. The highest BCUT2D eigenvalue weighted by atomic mass is 35.5. The normalized spacial score (nSPS) is 17.6. The topological polar surface area (TPSA) is 20.3 Å². The molecule has 0 spiro atoms. The second-order valence-corrected chi connectivity index (χ2v) is 7.80. The Morgan fingerprint density at radius 2 is 1.83 bits per heavy atom. The lowest BCUT2D eigenvalue weighted by Gasteiger charge is -2.23. The van der Waals surface area contributed by atoms with Crippen LogP contribution < -0.4 is 0 Å². The second kappa shape index (κ2) is 7.28. The number of benzene rings is 2. The van der Waals surface area contributed by atoms with Gasteiger partial charge in [0, 0.05) is 0 Å². The molecule has 6 heteroatoms. The van der Waals surface area contributed by atoms with E-state index in [0.29, 0.717) is 19.3 Å². The Labute approximate surface area is 160 Å². The molecule has 0 aromatic heterocycles. The first-order valence-corrected chi connectivity index (χ1v) is 9.22. The number of amides is 1. The molecule has 1 amide bonds. The standard InChI is InChI=1S/C18H13Cl2NOS2/c1-11(13-5-3-2-4-6-13)21-17(22)16(24-18(21)23)10-12-7-8-14(19)15(20)9-12/h2-11H,1H3. The molecule has 1 atom stereocenters. The SMILES string of the molecule is CC(c1ccccc1)N1C(=O)C(=Cc2ccc(Cl)c(Cl)c2)SC1=S. The van der Waals surface area contributed by atoms with Crippen molar-refractivity contribution in [3.05, 3.63) is 74.6 Å². The van der Waals surface area contributed by atoms with E-state index in [0.717, 1.165) is 11.1 Å². The van der Waals surface area contributed by atoms with Gasteiger partial charge in [0.15, 0.2) is 0 Å². The number of thioether (sulfide) groups is 1. The zero-order valence-electron chi connectivity index (χ0n) is 12.7. The fraction of sp³-hybridized carbons (Fsp3) is 0.111. The third-order valence-corrected chi connectivity index (χ3v) is 5.80. The highest BCUT2D eigenvalue weighted by Crippen LogP contribution is 2.38. The van der Waals surface area contributed by atoms with Gasteiger partial charge in [-0.1, -0.05) is 83.6 Å².